The highest BCUT2D eigenvalue weighted by atomic mass is 14.7. The monoisotopic (exact) mass is 267 g/mol. The van der Waals surface area contributed by atoms with Crippen LogP contribution in [0.2, 0.25) is 0 Å². The van der Waals surface area contributed by atoms with E-state index in [-0.39, 0.29) is 5.54 Å². The number of fused-ring (bicyclic) bond motifs is 1. The Kier molecular flexibility index (Phi) is 3.80. The van der Waals surface area contributed by atoms with E-state index in [2.05, 4.69) is 49.4 Å². The molecule has 0 heterocycles. The molecule has 2 N–H and O–H groups in total. The average Bonchev–Trinajstić information content (AvgIpc) is 2.69. The van der Waals surface area contributed by atoms with Crippen molar-refractivity contribution < 1.29 is 0 Å². The van der Waals surface area contributed by atoms with Crippen molar-refractivity contribution in [2.24, 2.45) is 11.7 Å². The summed E-state index contributed by atoms with van der Waals surface area (Å²) in [7, 11) is 0. The fourth-order valence-electron chi connectivity index (χ4n) is 3.63. The van der Waals surface area contributed by atoms with Crippen LogP contribution in [0.15, 0.2) is 42.5 Å². The van der Waals surface area contributed by atoms with Gasteiger partial charge >= 0.3 is 0 Å². The van der Waals surface area contributed by atoms with Crippen LogP contribution in [-0.2, 0) is 5.54 Å². The summed E-state index contributed by atoms with van der Waals surface area (Å²) in [5.41, 5.74) is 8.00. The molecule has 1 fully saturated rings. The summed E-state index contributed by atoms with van der Waals surface area (Å²) in [6.45, 7) is 2.31. The summed E-state index contributed by atoms with van der Waals surface area (Å²) in [5, 5.41) is 2.62. The van der Waals surface area contributed by atoms with Gasteiger partial charge in [-0.05, 0) is 47.6 Å². The molecule has 20 heavy (non-hydrogen) atoms. The van der Waals surface area contributed by atoms with Gasteiger partial charge < -0.3 is 5.73 Å². The van der Waals surface area contributed by atoms with E-state index in [9.17, 15) is 0 Å². The first kappa shape index (κ1) is 13.6. The molecule has 0 bridgehead atoms. The molecule has 0 spiro atoms. The van der Waals surface area contributed by atoms with Gasteiger partial charge in [0, 0.05) is 5.54 Å². The number of rotatable bonds is 2. The fourth-order valence-corrected chi connectivity index (χ4v) is 3.63. The first-order valence-electron chi connectivity index (χ1n) is 7.99. The molecular weight excluding hydrogens is 242 g/mol. The van der Waals surface area contributed by atoms with Gasteiger partial charge in [0.15, 0.2) is 0 Å². The molecule has 1 saturated carbocycles. The van der Waals surface area contributed by atoms with E-state index in [1.54, 1.807) is 0 Å². The predicted molar refractivity (Wildman–Crippen MR) is 86.7 cm³/mol. The second-order valence-electron chi connectivity index (χ2n) is 6.42. The first-order valence-corrected chi connectivity index (χ1v) is 7.99. The number of nitrogens with two attached hydrogens (primary N) is 1. The lowest BCUT2D eigenvalue weighted by atomic mass is 9.82. The molecule has 0 saturated heterocycles. The Morgan fingerprint density at radius 1 is 1.05 bits per heavy atom. The van der Waals surface area contributed by atoms with Crippen molar-refractivity contribution in [3.8, 4) is 0 Å². The maximum Gasteiger partial charge on any atom is 0.0409 e. The first-order chi connectivity index (χ1) is 9.71. The lowest BCUT2D eigenvalue weighted by Gasteiger charge is -2.29. The predicted octanol–water partition coefficient (Wildman–Crippen LogP) is 4.98. The molecule has 2 atom stereocenters. The zero-order chi connectivity index (χ0) is 14.0. The van der Waals surface area contributed by atoms with Crippen molar-refractivity contribution in [2.45, 2.75) is 51.0 Å². The van der Waals surface area contributed by atoms with E-state index in [0.29, 0.717) is 0 Å². The van der Waals surface area contributed by atoms with Gasteiger partial charge in [0.25, 0.3) is 0 Å². The summed E-state index contributed by atoms with van der Waals surface area (Å²) < 4.78 is 0. The quantitative estimate of drug-likeness (QED) is 0.763. The Morgan fingerprint density at radius 3 is 2.65 bits per heavy atom. The molecular formula is C19H25N. The molecule has 1 aliphatic rings. The topological polar surface area (TPSA) is 26.0 Å². The smallest absolute Gasteiger partial charge is 0.0409 e. The Bertz CT molecular complexity index is 589. The van der Waals surface area contributed by atoms with Crippen LogP contribution in [-0.4, -0.2) is 0 Å². The summed E-state index contributed by atoms with van der Waals surface area (Å²) in [6.07, 6.45) is 7.45. The summed E-state index contributed by atoms with van der Waals surface area (Å²) in [4.78, 5) is 0. The minimum absolute atomic E-state index is 0.117. The van der Waals surface area contributed by atoms with Crippen LogP contribution in [0.25, 0.3) is 10.8 Å². The van der Waals surface area contributed by atoms with Crippen molar-refractivity contribution in [1.82, 2.24) is 0 Å². The molecule has 0 radical (unpaired) electrons. The van der Waals surface area contributed by atoms with Gasteiger partial charge in [0.1, 0.15) is 0 Å². The molecule has 2 unspecified atom stereocenters. The lowest BCUT2D eigenvalue weighted by Crippen LogP contribution is -2.36. The molecule has 1 nitrogen and oxygen atoms in total. The van der Waals surface area contributed by atoms with Gasteiger partial charge in [-0.1, -0.05) is 62.6 Å². The van der Waals surface area contributed by atoms with Crippen molar-refractivity contribution in [2.75, 3.05) is 0 Å². The van der Waals surface area contributed by atoms with Gasteiger partial charge in [0.05, 0.1) is 0 Å². The van der Waals surface area contributed by atoms with Crippen molar-refractivity contribution in [3.05, 3.63) is 48.0 Å². The highest BCUT2D eigenvalue weighted by Gasteiger charge is 2.30. The molecule has 0 aliphatic heterocycles. The van der Waals surface area contributed by atoms with Crippen LogP contribution in [0.5, 0.6) is 0 Å². The van der Waals surface area contributed by atoms with Gasteiger partial charge in [0.2, 0.25) is 0 Å². The van der Waals surface area contributed by atoms with Crippen LogP contribution in [0.4, 0.5) is 0 Å². The highest BCUT2D eigenvalue weighted by molar-refractivity contribution is 5.83. The van der Waals surface area contributed by atoms with Gasteiger partial charge in [-0.2, -0.15) is 0 Å². The van der Waals surface area contributed by atoms with E-state index in [1.807, 2.05) is 0 Å². The maximum atomic E-state index is 6.79. The Morgan fingerprint density at radius 2 is 1.85 bits per heavy atom. The zero-order valence-electron chi connectivity index (χ0n) is 12.4. The van der Waals surface area contributed by atoms with E-state index >= 15 is 0 Å². The molecule has 2 aromatic rings. The molecule has 1 aliphatic carbocycles. The van der Waals surface area contributed by atoms with Gasteiger partial charge in [-0.25, -0.2) is 0 Å². The van der Waals surface area contributed by atoms with Crippen molar-refractivity contribution in [3.63, 3.8) is 0 Å². The Hall–Kier alpha value is -1.34. The van der Waals surface area contributed by atoms with Crippen molar-refractivity contribution in [1.29, 1.82) is 0 Å². The van der Waals surface area contributed by atoms with E-state index < -0.39 is 0 Å². The number of hydrogen-bond acceptors (Lipinski definition) is 1. The minimum atomic E-state index is -0.117. The number of hydrogen-bond donors (Lipinski definition) is 1. The number of benzene rings is 2. The van der Waals surface area contributed by atoms with Gasteiger partial charge in [-0.3, -0.25) is 0 Å². The Labute approximate surface area is 122 Å². The third-order valence-corrected chi connectivity index (χ3v) is 5.14. The third kappa shape index (κ3) is 2.60. The molecule has 1 heteroatoms. The average molecular weight is 267 g/mol. The van der Waals surface area contributed by atoms with E-state index in [4.69, 9.17) is 5.73 Å². The SMILES string of the molecule is CCC1CCCC(N)(c2ccc3ccccc3c2)CC1. The minimum Gasteiger partial charge on any atom is -0.321 e. The molecule has 106 valence electrons. The normalized spacial score (nSPS) is 27.4. The molecule has 0 aromatic heterocycles. The second-order valence-corrected chi connectivity index (χ2v) is 6.42. The molecule has 2 aromatic carbocycles. The Balaban J connectivity index is 1.92. The van der Waals surface area contributed by atoms with Crippen molar-refractivity contribution >= 4 is 10.8 Å². The van der Waals surface area contributed by atoms with Crippen LogP contribution in [0.1, 0.15) is 51.0 Å². The largest absolute Gasteiger partial charge is 0.321 e. The van der Waals surface area contributed by atoms with Gasteiger partial charge in [-0.15, -0.1) is 0 Å². The summed E-state index contributed by atoms with van der Waals surface area (Å²) in [6, 6.07) is 15.3. The highest BCUT2D eigenvalue weighted by Crippen LogP contribution is 2.37. The lowest BCUT2D eigenvalue weighted by molar-refractivity contribution is 0.372. The van der Waals surface area contributed by atoms with Crippen LogP contribution < -0.4 is 5.73 Å². The summed E-state index contributed by atoms with van der Waals surface area (Å²) in [5.74, 6) is 0.876. The standard InChI is InChI=1S/C19H25N/c1-2-15-6-5-12-19(20,13-11-15)18-10-9-16-7-3-4-8-17(16)14-18/h3-4,7-10,14-15H,2,5-6,11-13,20H2,1H3. The van der Waals surface area contributed by atoms with Crippen LogP contribution in [0.3, 0.4) is 0 Å². The van der Waals surface area contributed by atoms with E-state index in [1.165, 1.54) is 42.0 Å². The second kappa shape index (κ2) is 5.57. The summed E-state index contributed by atoms with van der Waals surface area (Å²) >= 11 is 0. The maximum absolute atomic E-state index is 6.79. The molecule has 0 amide bonds. The molecule has 3 rings (SSSR count). The van der Waals surface area contributed by atoms with Crippen LogP contribution in [0, 0.1) is 5.92 Å². The van der Waals surface area contributed by atoms with E-state index in [0.717, 1.165) is 18.8 Å². The fraction of sp³-hybridized carbons (Fsp3) is 0.474. The third-order valence-electron chi connectivity index (χ3n) is 5.14. The zero-order valence-corrected chi connectivity index (χ0v) is 12.4. The van der Waals surface area contributed by atoms with Crippen LogP contribution >= 0.6 is 0 Å².